The summed E-state index contributed by atoms with van der Waals surface area (Å²) in [7, 11) is 2.15. The van der Waals surface area contributed by atoms with Crippen molar-refractivity contribution in [2.45, 2.75) is 57.8 Å². The van der Waals surface area contributed by atoms with Gasteiger partial charge in [0.25, 0.3) is 0 Å². The van der Waals surface area contributed by atoms with Crippen LogP contribution in [-0.2, 0) is 0 Å². The van der Waals surface area contributed by atoms with E-state index in [0.717, 1.165) is 5.92 Å². The number of hydrazine groups is 1. The number of nitrogens with one attached hydrogen (secondary N) is 2. The molecule has 0 spiro atoms. The first-order valence-electron chi connectivity index (χ1n) is 5.87. The largest absolute Gasteiger partial charge is 0.282 e. The van der Waals surface area contributed by atoms with E-state index in [4.69, 9.17) is 0 Å². The van der Waals surface area contributed by atoms with Gasteiger partial charge in [-0.25, -0.2) is 10.4 Å². The summed E-state index contributed by atoms with van der Waals surface area (Å²) in [6.07, 6.45) is 7.57. The van der Waals surface area contributed by atoms with Crippen molar-refractivity contribution in [2.75, 3.05) is 7.05 Å². The van der Waals surface area contributed by atoms with E-state index in [9.17, 15) is 0 Å². The molecule has 82 valence electrons. The topological polar surface area (TPSA) is 27.3 Å². The minimum absolute atomic E-state index is 0.0663. The van der Waals surface area contributed by atoms with Crippen LogP contribution in [0.5, 0.6) is 0 Å². The molecule has 2 rings (SSSR count). The highest BCUT2D eigenvalue weighted by Crippen LogP contribution is 2.29. The first kappa shape index (κ1) is 10.4. The standard InChI is InChI=1S/C11H23N3/c1-11(2)12-10(14(3)13-11)9-7-5-4-6-8-9/h9-10,12-13H,4-8H2,1-3H3. The van der Waals surface area contributed by atoms with Crippen LogP contribution in [0.3, 0.4) is 0 Å². The third-order valence-electron chi connectivity index (χ3n) is 3.48. The molecule has 1 saturated carbocycles. The van der Waals surface area contributed by atoms with E-state index in [2.05, 4.69) is 36.6 Å². The van der Waals surface area contributed by atoms with Gasteiger partial charge in [0.15, 0.2) is 0 Å². The van der Waals surface area contributed by atoms with E-state index in [-0.39, 0.29) is 5.66 Å². The summed E-state index contributed by atoms with van der Waals surface area (Å²) in [5.74, 6) is 0.836. The molecule has 0 radical (unpaired) electrons. The predicted molar refractivity (Wildman–Crippen MR) is 58.5 cm³/mol. The third kappa shape index (κ3) is 2.10. The monoisotopic (exact) mass is 197 g/mol. The number of hydrogen-bond donors (Lipinski definition) is 2. The Morgan fingerprint density at radius 1 is 1.14 bits per heavy atom. The Hall–Kier alpha value is -0.120. The fourth-order valence-corrected chi connectivity index (χ4v) is 2.89. The molecule has 1 saturated heterocycles. The molecule has 2 N–H and O–H groups in total. The molecule has 3 nitrogen and oxygen atoms in total. The Labute approximate surface area is 87.2 Å². The second-order valence-electron chi connectivity index (χ2n) is 5.33. The molecule has 0 bridgehead atoms. The normalized spacial score (nSPS) is 34.9. The van der Waals surface area contributed by atoms with Crippen LogP contribution >= 0.6 is 0 Å². The fourth-order valence-electron chi connectivity index (χ4n) is 2.89. The van der Waals surface area contributed by atoms with Crippen LogP contribution in [0.4, 0.5) is 0 Å². The van der Waals surface area contributed by atoms with Gasteiger partial charge in [-0.15, -0.1) is 0 Å². The van der Waals surface area contributed by atoms with Crippen LogP contribution in [0, 0.1) is 5.92 Å². The lowest BCUT2D eigenvalue weighted by Gasteiger charge is -2.31. The van der Waals surface area contributed by atoms with E-state index >= 15 is 0 Å². The molecule has 2 fully saturated rings. The van der Waals surface area contributed by atoms with Gasteiger partial charge in [-0.1, -0.05) is 19.3 Å². The molecule has 0 amide bonds. The highest BCUT2D eigenvalue weighted by atomic mass is 15.7. The molecule has 1 aliphatic carbocycles. The van der Waals surface area contributed by atoms with E-state index in [1.807, 2.05) is 0 Å². The molecule has 1 unspecified atom stereocenters. The highest BCUT2D eigenvalue weighted by Gasteiger charge is 2.38. The van der Waals surface area contributed by atoms with Gasteiger partial charge in [0.1, 0.15) is 0 Å². The first-order valence-corrected chi connectivity index (χ1v) is 5.87. The Morgan fingerprint density at radius 2 is 1.79 bits per heavy atom. The average molecular weight is 197 g/mol. The van der Waals surface area contributed by atoms with E-state index in [1.54, 1.807) is 0 Å². The summed E-state index contributed by atoms with van der Waals surface area (Å²) in [5.41, 5.74) is 3.53. The Bertz CT molecular complexity index is 197. The van der Waals surface area contributed by atoms with Crippen molar-refractivity contribution in [3.05, 3.63) is 0 Å². The summed E-state index contributed by atoms with van der Waals surface area (Å²) >= 11 is 0. The van der Waals surface area contributed by atoms with Crippen molar-refractivity contribution in [1.82, 2.24) is 15.8 Å². The van der Waals surface area contributed by atoms with Crippen molar-refractivity contribution in [3.8, 4) is 0 Å². The molecule has 2 aliphatic rings. The van der Waals surface area contributed by atoms with Crippen molar-refractivity contribution < 1.29 is 0 Å². The van der Waals surface area contributed by atoms with Crippen LogP contribution in [0.25, 0.3) is 0 Å². The summed E-state index contributed by atoms with van der Waals surface area (Å²) in [5, 5.41) is 5.92. The zero-order chi connectivity index (χ0) is 10.2. The second-order valence-corrected chi connectivity index (χ2v) is 5.33. The molecular formula is C11H23N3. The highest BCUT2D eigenvalue weighted by molar-refractivity contribution is 4.89. The average Bonchev–Trinajstić information content (AvgIpc) is 2.41. The van der Waals surface area contributed by atoms with Crippen molar-refractivity contribution >= 4 is 0 Å². The lowest BCUT2D eigenvalue weighted by molar-refractivity contribution is 0.136. The zero-order valence-electron chi connectivity index (χ0n) is 9.64. The Kier molecular flexibility index (Phi) is 2.82. The molecule has 0 aromatic carbocycles. The molecular weight excluding hydrogens is 174 g/mol. The van der Waals surface area contributed by atoms with Gasteiger partial charge in [-0.05, 0) is 32.6 Å². The van der Waals surface area contributed by atoms with Crippen LogP contribution < -0.4 is 10.7 Å². The number of rotatable bonds is 1. The van der Waals surface area contributed by atoms with Gasteiger partial charge in [0.05, 0.1) is 11.8 Å². The van der Waals surface area contributed by atoms with E-state index in [0.29, 0.717) is 6.17 Å². The second kappa shape index (κ2) is 3.80. The fraction of sp³-hybridized carbons (Fsp3) is 1.00. The smallest absolute Gasteiger partial charge is 0.0775 e. The number of nitrogens with zero attached hydrogens (tertiary/aromatic N) is 1. The van der Waals surface area contributed by atoms with Gasteiger partial charge < -0.3 is 0 Å². The number of hydrogen-bond acceptors (Lipinski definition) is 3. The predicted octanol–water partition coefficient (Wildman–Crippen LogP) is 1.67. The minimum atomic E-state index is 0.0663. The maximum absolute atomic E-state index is 3.66. The van der Waals surface area contributed by atoms with Gasteiger partial charge in [-0.3, -0.25) is 5.32 Å². The first-order chi connectivity index (χ1) is 6.58. The van der Waals surface area contributed by atoms with Crippen LogP contribution in [0.15, 0.2) is 0 Å². The van der Waals surface area contributed by atoms with Gasteiger partial charge in [-0.2, -0.15) is 0 Å². The van der Waals surface area contributed by atoms with Crippen LogP contribution in [-0.4, -0.2) is 23.9 Å². The van der Waals surface area contributed by atoms with E-state index in [1.165, 1.54) is 32.1 Å². The molecule has 0 aromatic rings. The Morgan fingerprint density at radius 3 is 2.29 bits per heavy atom. The summed E-state index contributed by atoms with van der Waals surface area (Å²) in [6, 6.07) is 0. The van der Waals surface area contributed by atoms with Gasteiger partial charge in [0.2, 0.25) is 0 Å². The molecule has 1 atom stereocenters. The third-order valence-corrected chi connectivity index (χ3v) is 3.48. The van der Waals surface area contributed by atoms with E-state index < -0.39 is 0 Å². The summed E-state index contributed by atoms with van der Waals surface area (Å²) in [4.78, 5) is 0. The minimum Gasteiger partial charge on any atom is -0.282 e. The molecule has 3 heteroatoms. The molecule has 1 aliphatic heterocycles. The van der Waals surface area contributed by atoms with Crippen molar-refractivity contribution in [1.29, 1.82) is 0 Å². The molecule has 14 heavy (non-hydrogen) atoms. The summed E-state index contributed by atoms with van der Waals surface area (Å²) < 4.78 is 0. The van der Waals surface area contributed by atoms with Crippen LogP contribution in [0.1, 0.15) is 46.0 Å². The van der Waals surface area contributed by atoms with Gasteiger partial charge >= 0.3 is 0 Å². The molecule has 1 heterocycles. The zero-order valence-corrected chi connectivity index (χ0v) is 9.64. The van der Waals surface area contributed by atoms with Crippen molar-refractivity contribution in [2.24, 2.45) is 5.92 Å². The quantitative estimate of drug-likeness (QED) is 0.669. The van der Waals surface area contributed by atoms with Crippen LogP contribution in [0.2, 0.25) is 0 Å². The maximum Gasteiger partial charge on any atom is 0.0775 e. The SMILES string of the molecule is CN1NC(C)(C)NC1C1CCCCC1. The lowest BCUT2D eigenvalue weighted by Crippen LogP contribution is -2.45. The van der Waals surface area contributed by atoms with Crippen molar-refractivity contribution in [3.63, 3.8) is 0 Å². The maximum atomic E-state index is 3.66. The Balaban J connectivity index is 1.97. The molecule has 0 aromatic heterocycles. The lowest BCUT2D eigenvalue weighted by atomic mass is 9.87. The summed E-state index contributed by atoms with van der Waals surface area (Å²) in [6.45, 7) is 4.40. The van der Waals surface area contributed by atoms with Gasteiger partial charge in [0, 0.05) is 7.05 Å².